The Morgan fingerprint density at radius 3 is 2.53 bits per heavy atom. The van der Waals surface area contributed by atoms with Crippen LogP contribution in [0, 0.1) is 5.41 Å². The van der Waals surface area contributed by atoms with Gasteiger partial charge in [0.25, 0.3) is 0 Å². The van der Waals surface area contributed by atoms with E-state index in [1.54, 1.807) is 7.11 Å². The lowest BCUT2D eigenvalue weighted by molar-refractivity contribution is 0.142. The summed E-state index contributed by atoms with van der Waals surface area (Å²) in [6.07, 6.45) is 4.92. The van der Waals surface area contributed by atoms with E-state index in [0.29, 0.717) is 0 Å². The minimum absolute atomic E-state index is 0.126. The van der Waals surface area contributed by atoms with Gasteiger partial charge in [-0.25, -0.2) is 4.98 Å². The van der Waals surface area contributed by atoms with Crippen molar-refractivity contribution in [3.05, 3.63) is 18.2 Å². The molecule has 0 fully saturated rings. The van der Waals surface area contributed by atoms with Crippen LogP contribution in [0.15, 0.2) is 12.5 Å². The second-order valence-corrected chi connectivity index (χ2v) is 7.02. The molecular weight excluding hydrogens is 238 g/mol. The lowest BCUT2D eigenvalue weighted by atomic mass is 9.89. The molecule has 0 aliphatic rings. The molecule has 19 heavy (non-hydrogen) atoms. The lowest BCUT2D eigenvalue weighted by Crippen LogP contribution is -2.36. The molecule has 1 heterocycles. The van der Waals surface area contributed by atoms with E-state index in [1.807, 2.05) is 12.5 Å². The number of nitrogens with zero attached hydrogens (tertiary/aromatic N) is 2. The molecular formula is C15H29N3O. The molecule has 0 radical (unpaired) electrons. The molecule has 0 spiro atoms. The van der Waals surface area contributed by atoms with Crippen molar-refractivity contribution in [2.24, 2.45) is 5.41 Å². The minimum atomic E-state index is 0.126. The number of imidazole rings is 1. The summed E-state index contributed by atoms with van der Waals surface area (Å²) >= 11 is 0. The van der Waals surface area contributed by atoms with Gasteiger partial charge >= 0.3 is 0 Å². The van der Waals surface area contributed by atoms with Crippen LogP contribution < -0.4 is 5.32 Å². The first-order chi connectivity index (χ1) is 8.73. The molecule has 0 atom stereocenters. The fourth-order valence-corrected chi connectivity index (χ4v) is 1.91. The Labute approximate surface area is 117 Å². The third-order valence-corrected chi connectivity index (χ3v) is 3.18. The van der Waals surface area contributed by atoms with Crippen LogP contribution in [-0.2, 0) is 17.8 Å². The maximum absolute atomic E-state index is 5.18. The van der Waals surface area contributed by atoms with Gasteiger partial charge in [0, 0.05) is 38.5 Å². The number of hydrogen-bond donors (Lipinski definition) is 1. The summed E-state index contributed by atoms with van der Waals surface area (Å²) in [5.41, 5.74) is 1.58. The third kappa shape index (κ3) is 6.21. The highest BCUT2D eigenvalue weighted by atomic mass is 16.5. The normalized spacial score (nSPS) is 12.9. The number of rotatable bonds is 7. The van der Waals surface area contributed by atoms with Gasteiger partial charge in [-0.1, -0.05) is 13.8 Å². The summed E-state index contributed by atoms with van der Waals surface area (Å²) in [4.78, 5) is 4.28. The Morgan fingerprint density at radius 1 is 1.26 bits per heavy atom. The van der Waals surface area contributed by atoms with Gasteiger partial charge in [-0.3, -0.25) is 0 Å². The molecule has 0 unspecified atom stereocenters. The van der Waals surface area contributed by atoms with E-state index in [9.17, 15) is 0 Å². The number of hydrogen-bond acceptors (Lipinski definition) is 3. The highest BCUT2D eigenvalue weighted by Crippen LogP contribution is 2.23. The van der Waals surface area contributed by atoms with Crippen molar-refractivity contribution in [1.82, 2.24) is 14.9 Å². The SMILES string of the molecule is COCCC(C)(C)Cn1cncc1CNC(C)(C)C. The molecule has 1 aromatic rings. The Balaban J connectivity index is 2.62. The van der Waals surface area contributed by atoms with E-state index in [0.717, 1.165) is 26.1 Å². The number of nitrogens with one attached hydrogen (secondary N) is 1. The lowest BCUT2D eigenvalue weighted by Gasteiger charge is -2.26. The molecule has 0 aliphatic heterocycles. The van der Waals surface area contributed by atoms with Crippen molar-refractivity contribution in [3.63, 3.8) is 0 Å². The summed E-state index contributed by atoms with van der Waals surface area (Å²) in [7, 11) is 1.76. The molecule has 0 aliphatic carbocycles. The molecule has 1 N–H and O–H groups in total. The van der Waals surface area contributed by atoms with Gasteiger partial charge in [-0.05, 0) is 32.6 Å². The number of ether oxygens (including phenoxy) is 1. The van der Waals surface area contributed by atoms with E-state index >= 15 is 0 Å². The summed E-state index contributed by atoms with van der Waals surface area (Å²) in [6.45, 7) is 13.7. The average Bonchev–Trinajstić information content (AvgIpc) is 2.69. The fraction of sp³-hybridized carbons (Fsp3) is 0.800. The predicted octanol–water partition coefficient (Wildman–Crippen LogP) is 2.83. The Kier molecular flexibility index (Phi) is 5.56. The van der Waals surface area contributed by atoms with Crippen molar-refractivity contribution >= 4 is 0 Å². The van der Waals surface area contributed by atoms with Crippen molar-refractivity contribution in [2.45, 2.75) is 59.7 Å². The van der Waals surface area contributed by atoms with E-state index in [-0.39, 0.29) is 11.0 Å². The van der Waals surface area contributed by atoms with Crippen LogP contribution in [0.4, 0.5) is 0 Å². The van der Waals surface area contributed by atoms with E-state index in [2.05, 4.69) is 49.5 Å². The van der Waals surface area contributed by atoms with Gasteiger partial charge in [0.2, 0.25) is 0 Å². The smallest absolute Gasteiger partial charge is 0.0948 e. The van der Waals surface area contributed by atoms with Gasteiger partial charge in [0.05, 0.1) is 12.0 Å². The fourth-order valence-electron chi connectivity index (χ4n) is 1.91. The standard InChI is InChI=1S/C15H29N3O/c1-14(2,3)17-10-13-9-16-12-18(13)11-15(4,5)7-8-19-6/h9,12,17H,7-8,10-11H2,1-6H3. The maximum atomic E-state index is 5.18. The highest BCUT2D eigenvalue weighted by molar-refractivity contribution is 4.99. The monoisotopic (exact) mass is 267 g/mol. The van der Waals surface area contributed by atoms with Crippen LogP contribution in [0.3, 0.4) is 0 Å². The van der Waals surface area contributed by atoms with E-state index in [1.165, 1.54) is 5.69 Å². The molecule has 1 rings (SSSR count). The van der Waals surface area contributed by atoms with Crippen molar-refractivity contribution in [1.29, 1.82) is 0 Å². The second-order valence-electron chi connectivity index (χ2n) is 7.02. The molecule has 0 bridgehead atoms. The molecule has 4 nitrogen and oxygen atoms in total. The first-order valence-electron chi connectivity index (χ1n) is 6.96. The number of methoxy groups -OCH3 is 1. The first-order valence-corrected chi connectivity index (χ1v) is 6.96. The van der Waals surface area contributed by atoms with E-state index in [4.69, 9.17) is 4.74 Å². The molecule has 0 saturated heterocycles. The minimum Gasteiger partial charge on any atom is -0.385 e. The van der Waals surface area contributed by atoms with Gasteiger partial charge in [0.1, 0.15) is 0 Å². The zero-order chi connectivity index (χ0) is 14.5. The van der Waals surface area contributed by atoms with E-state index < -0.39 is 0 Å². The van der Waals surface area contributed by atoms with Crippen molar-refractivity contribution in [3.8, 4) is 0 Å². The average molecular weight is 267 g/mol. The number of aromatic nitrogens is 2. The molecule has 4 heteroatoms. The summed E-state index contributed by atoms with van der Waals surface area (Å²) in [5, 5.41) is 3.51. The van der Waals surface area contributed by atoms with Crippen LogP contribution in [0.2, 0.25) is 0 Å². The Bertz CT molecular complexity index is 377. The molecule has 0 aromatic carbocycles. The first kappa shape index (κ1) is 16.2. The summed E-state index contributed by atoms with van der Waals surface area (Å²) in [6, 6.07) is 0. The largest absolute Gasteiger partial charge is 0.385 e. The molecule has 110 valence electrons. The second kappa shape index (κ2) is 6.53. The topological polar surface area (TPSA) is 39.1 Å². The third-order valence-electron chi connectivity index (χ3n) is 3.18. The van der Waals surface area contributed by atoms with Gasteiger partial charge in [0.15, 0.2) is 0 Å². The summed E-state index contributed by atoms with van der Waals surface area (Å²) in [5.74, 6) is 0. The van der Waals surface area contributed by atoms with Crippen LogP contribution >= 0.6 is 0 Å². The molecule has 1 aromatic heterocycles. The van der Waals surface area contributed by atoms with Crippen molar-refractivity contribution < 1.29 is 4.74 Å². The zero-order valence-corrected chi connectivity index (χ0v) is 13.3. The highest BCUT2D eigenvalue weighted by Gasteiger charge is 2.20. The zero-order valence-electron chi connectivity index (χ0n) is 13.3. The van der Waals surface area contributed by atoms with Gasteiger partial charge in [-0.15, -0.1) is 0 Å². The van der Waals surface area contributed by atoms with Crippen molar-refractivity contribution in [2.75, 3.05) is 13.7 Å². The quantitative estimate of drug-likeness (QED) is 0.825. The molecule has 0 saturated carbocycles. The summed E-state index contributed by atoms with van der Waals surface area (Å²) < 4.78 is 7.43. The van der Waals surface area contributed by atoms with Crippen LogP contribution in [0.5, 0.6) is 0 Å². The van der Waals surface area contributed by atoms with Crippen LogP contribution in [-0.4, -0.2) is 28.8 Å². The predicted molar refractivity (Wildman–Crippen MR) is 79.1 cm³/mol. The van der Waals surface area contributed by atoms with Crippen LogP contribution in [0.25, 0.3) is 0 Å². The Hall–Kier alpha value is -0.870. The Morgan fingerprint density at radius 2 is 1.95 bits per heavy atom. The maximum Gasteiger partial charge on any atom is 0.0948 e. The van der Waals surface area contributed by atoms with Gasteiger partial charge in [-0.2, -0.15) is 0 Å². The molecule has 0 amide bonds. The van der Waals surface area contributed by atoms with Crippen LogP contribution in [0.1, 0.15) is 46.7 Å². The van der Waals surface area contributed by atoms with Gasteiger partial charge < -0.3 is 14.6 Å².